The molecule has 0 amide bonds. The first kappa shape index (κ1) is 23.3. The van der Waals surface area contributed by atoms with Crippen LogP contribution in [-0.2, 0) is 0 Å². The average Bonchev–Trinajstić information content (AvgIpc) is 2.59. The second kappa shape index (κ2) is 11.2. The molecular formula is C23H35NO3. The number of hydrogen-bond donors (Lipinski definition) is 3. The van der Waals surface area contributed by atoms with Gasteiger partial charge in [-0.05, 0) is 62.7 Å². The number of aliphatic imine (C=N–C) groups is 1. The van der Waals surface area contributed by atoms with E-state index in [2.05, 4.69) is 50.9 Å². The molecule has 0 fully saturated rings. The first-order valence-electron chi connectivity index (χ1n) is 9.57. The Morgan fingerprint density at radius 2 is 1.81 bits per heavy atom. The van der Waals surface area contributed by atoms with Crippen LogP contribution in [0.1, 0.15) is 53.9 Å². The van der Waals surface area contributed by atoms with Gasteiger partial charge in [0.2, 0.25) is 0 Å². The van der Waals surface area contributed by atoms with E-state index in [1.165, 1.54) is 42.2 Å². The third-order valence-corrected chi connectivity index (χ3v) is 4.88. The maximum Gasteiger partial charge on any atom is 0.173 e. The number of aliphatic hydroxyl groups is 3. The summed E-state index contributed by atoms with van der Waals surface area (Å²) in [5.74, 6) is 0. The third kappa shape index (κ3) is 8.21. The normalized spacial score (nSPS) is 21.6. The molecule has 3 N–H and O–H groups in total. The van der Waals surface area contributed by atoms with E-state index < -0.39 is 18.9 Å². The molecule has 0 bridgehead atoms. The summed E-state index contributed by atoms with van der Waals surface area (Å²) >= 11 is 0. The smallest absolute Gasteiger partial charge is 0.173 e. The molecule has 4 heteroatoms. The zero-order valence-corrected chi connectivity index (χ0v) is 17.3. The van der Waals surface area contributed by atoms with Crippen molar-refractivity contribution in [2.45, 2.75) is 66.2 Å². The zero-order valence-electron chi connectivity index (χ0n) is 17.3. The predicted octanol–water partition coefficient (Wildman–Crippen LogP) is 4.26. The van der Waals surface area contributed by atoms with Gasteiger partial charge in [-0.2, -0.15) is 0 Å². The fourth-order valence-electron chi connectivity index (χ4n) is 3.13. The number of rotatable bonds is 8. The van der Waals surface area contributed by atoms with Crippen molar-refractivity contribution in [3.8, 4) is 0 Å². The van der Waals surface area contributed by atoms with Crippen LogP contribution in [0.3, 0.4) is 0 Å². The minimum atomic E-state index is -1.31. The molecule has 0 aromatic heterocycles. The van der Waals surface area contributed by atoms with Crippen LogP contribution < -0.4 is 0 Å². The Labute approximate surface area is 164 Å². The minimum absolute atomic E-state index is 0.252. The second-order valence-electron chi connectivity index (χ2n) is 7.91. The number of hydrogen-bond acceptors (Lipinski definition) is 4. The highest BCUT2D eigenvalue weighted by Gasteiger charge is 2.26. The van der Waals surface area contributed by atoms with E-state index >= 15 is 0 Å². The third-order valence-electron chi connectivity index (χ3n) is 4.88. The van der Waals surface area contributed by atoms with Gasteiger partial charge in [0.25, 0.3) is 0 Å². The molecule has 0 aromatic rings. The van der Waals surface area contributed by atoms with Gasteiger partial charge in [-0.3, -0.25) is 4.99 Å². The van der Waals surface area contributed by atoms with E-state index in [1.807, 2.05) is 19.1 Å². The molecule has 1 aliphatic rings. The molecule has 0 spiro atoms. The lowest BCUT2D eigenvalue weighted by atomic mass is 9.72. The van der Waals surface area contributed by atoms with Gasteiger partial charge in [0, 0.05) is 6.21 Å². The molecule has 1 rings (SSSR count). The van der Waals surface area contributed by atoms with Gasteiger partial charge in [-0.25, -0.2) is 0 Å². The summed E-state index contributed by atoms with van der Waals surface area (Å²) in [5, 5.41) is 27.4. The standard InChI is InChI=1S/C23H35NO3/c1-17(11-12-20-19(3)10-7-14-23(20,4)5)8-6-9-18(2)13-15-24-22(27)21(26)16-25/h6,8-9,11-13,15,21-22,25-27H,7,10,14,16H2,1-5H3/b9-6+,12-11+,17-8+,18-13+,24-15+. The summed E-state index contributed by atoms with van der Waals surface area (Å²) in [7, 11) is 0. The van der Waals surface area contributed by atoms with Crippen molar-refractivity contribution in [1.82, 2.24) is 0 Å². The molecule has 4 nitrogen and oxygen atoms in total. The minimum Gasteiger partial charge on any atom is -0.393 e. The first-order valence-corrected chi connectivity index (χ1v) is 9.57. The topological polar surface area (TPSA) is 73.1 Å². The first-order chi connectivity index (χ1) is 12.7. The van der Waals surface area contributed by atoms with Gasteiger partial charge in [-0.15, -0.1) is 0 Å². The summed E-state index contributed by atoms with van der Waals surface area (Å²) in [4.78, 5) is 3.76. The zero-order chi connectivity index (χ0) is 20.4. The lowest BCUT2D eigenvalue weighted by Crippen LogP contribution is -2.27. The molecule has 0 saturated heterocycles. The van der Waals surface area contributed by atoms with Crippen LogP contribution >= 0.6 is 0 Å². The van der Waals surface area contributed by atoms with Crippen molar-refractivity contribution in [3.63, 3.8) is 0 Å². The lowest BCUT2D eigenvalue weighted by molar-refractivity contribution is -0.00868. The molecule has 27 heavy (non-hydrogen) atoms. The summed E-state index contributed by atoms with van der Waals surface area (Å²) in [6.45, 7) is 10.4. The highest BCUT2D eigenvalue weighted by atomic mass is 16.4. The Bertz CT molecular complexity index is 663. The number of aliphatic hydroxyl groups excluding tert-OH is 3. The van der Waals surface area contributed by atoms with Crippen LogP contribution in [0.4, 0.5) is 0 Å². The number of nitrogens with zero attached hydrogens (tertiary/aromatic N) is 1. The predicted molar refractivity (Wildman–Crippen MR) is 114 cm³/mol. The fourth-order valence-corrected chi connectivity index (χ4v) is 3.13. The lowest BCUT2D eigenvalue weighted by Gasteiger charge is -2.32. The van der Waals surface area contributed by atoms with Crippen LogP contribution in [0, 0.1) is 5.41 Å². The van der Waals surface area contributed by atoms with Gasteiger partial charge in [0.05, 0.1) is 6.61 Å². The highest BCUT2D eigenvalue weighted by molar-refractivity contribution is 5.73. The van der Waals surface area contributed by atoms with Crippen molar-refractivity contribution >= 4 is 6.21 Å². The Kier molecular flexibility index (Phi) is 9.64. The number of allylic oxidation sites excluding steroid dienone is 10. The molecule has 0 radical (unpaired) electrons. The Morgan fingerprint density at radius 1 is 1.15 bits per heavy atom. The van der Waals surface area contributed by atoms with Crippen LogP contribution in [0.15, 0.2) is 63.7 Å². The Balaban J connectivity index is 2.67. The van der Waals surface area contributed by atoms with Gasteiger partial charge in [0.1, 0.15) is 6.10 Å². The van der Waals surface area contributed by atoms with E-state index in [1.54, 1.807) is 6.08 Å². The van der Waals surface area contributed by atoms with Crippen molar-refractivity contribution in [2.24, 2.45) is 10.4 Å². The molecule has 2 atom stereocenters. The highest BCUT2D eigenvalue weighted by Crippen LogP contribution is 2.40. The maximum absolute atomic E-state index is 9.43. The second-order valence-corrected chi connectivity index (χ2v) is 7.91. The van der Waals surface area contributed by atoms with E-state index in [-0.39, 0.29) is 5.41 Å². The van der Waals surface area contributed by atoms with Crippen LogP contribution in [0.25, 0.3) is 0 Å². The van der Waals surface area contributed by atoms with Gasteiger partial charge in [0.15, 0.2) is 6.23 Å². The molecule has 150 valence electrons. The molecule has 0 saturated carbocycles. The largest absolute Gasteiger partial charge is 0.393 e. The van der Waals surface area contributed by atoms with E-state index in [0.29, 0.717) is 0 Å². The van der Waals surface area contributed by atoms with E-state index in [0.717, 1.165) is 5.57 Å². The molecular weight excluding hydrogens is 338 g/mol. The summed E-state index contributed by atoms with van der Waals surface area (Å²) < 4.78 is 0. The van der Waals surface area contributed by atoms with Crippen molar-refractivity contribution < 1.29 is 15.3 Å². The molecule has 0 aromatic carbocycles. The molecule has 0 aliphatic heterocycles. The van der Waals surface area contributed by atoms with Gasteiger partial charge < -0.3 is 15.3 Å². The fraction of sp³-hybridized carbons (Fsp3) is 0.522. The maximum atomic E-state index is 9.43. The monoisotopic (exact) mass is 373 g/mol. The van der Waals surface area contributed by atoms with E-state index in [9.17, 15) is 10.2 Å². The van der Waals surface area contributed by atoms with Crippen LogP contribution in [0.5, 0.6) is 0 Å². The average molecular weight is 374 g/mol. The quantitative estimate of drug-likeness (QED) is 0.440. The Hall–Kier alpha value is -1.75. The van der Waals surface area contributed by atoms with Gasteiger partial charge in [-0.1, -0.05) is 55.4 Å². The Morgan fingerprint density at radius 3 is 2.44 bits per heavy atom. The molecule has 1 aliphatic carbocycles. The summed E-state index contributed by atoms with van der Waals surface area (Å²) in [6.07, 6.45) is 14.7. The van der Waals surface area contributed by atoms with Crippen molar-refractivity contribution in [2.75, 3.05) is 6.61 Å². The van der Waals surface area contributed by atoms with Gasteiger partial charge >= 0.3 is 0 Å². The van der Waals surface area contributed by atoms with Crippen LogP contribution in [0.2, 0.25) is 0 Å². The van der Waals surface area contributed by atoms with Crippen molar-refractivity contribution in [1.29, 1.82) is 0 Å². The van der Waals surface area contributed by atoms with Crippen molar-refractivity contribution in [3.05, 3.63) is 58.7 Å². The molecule has 2 unspecified atom stereocenters. The van der Waals surface area contributed by atoms with E-state index in [4.69, 9.17) is 5.11 Å². The summed E-state index contributed by atoms with van der Waals surface area (Å²) in [6, 6.07) is 0. The SMILES string of the molecule is CC1=C(/C=C/C(C)=C/C=C/C(C)=C/C=N/C(O)C(O)CO)C(C)(C)CCC1. The molecule has 0 heterocycles. The van der Waals surface area contributed by atoms with Crippen LogP contribution in [-0.4, -0.2) is 40.5 Å². The summed E-state index contributed by atoms with van der Waals surface area (Å²) in [5.41, 5.74) is 5.35.